The molecule has 0 saturated carbocycles. The Kier molecular flexibility index (Phi) is 13.9. The molecular weight excluding hydrogens is 664 g/mol. The van der Waals surface area contributed by atoms with E-state index in [9.17, 15) is 33.6 Å². The Balaban J connectivity index is 2.66. The van der Waals surface area contributed by atoms with Crippen molar-refractivity contribution in [3.05, 3.63) is 0 Å². The molecule has 10 atom stereocenters. The molecule has 2 saturated heterocycles. The van der Waals surface area contributed by atoms with Crippen molar-refractivity contribution in [1.29, 1.82) is 0 Å². The van der Waals surface area contributed by atoms with E-state index in [1.807, 2.05) is 0 Å². The molecule has 0 aromatic rings. The zero-order valence-corrected chi connectivity index (χ0v) is 26.6. The molecule has 0 aliphatic carbocycles. The van der Waals surface area contributed by atoms with Crippen molar-refractivity contribution in [2.45, 2.75) is 109 Å². The molecule has 2 aliphatic heterocycles. The van der Waals surface area contributed by atoms with Crippen LogP contribution in [0, 0.1) is 0 Å². The fourth-order valence-electron chi connectivity index (χ4n) is 4.46. The second-order valence-electron chi connectivity index (χ2n) is 9.64. The van der Waals surface area contributed by atoms with Crippen LogP contribution in [0.1, 0.15) is 48.5 Å². The highest BCUT2D eigenvalue weighted by Gasteiger charge is 2.57. The van der Waals surface area contributed by atoms with Gasteiger partial charge in [0.25, 0.3) is 0 Å². The molecule has 2 aliphatic rings. The van der Waals surface area contributed by atoms with Gasteiger partial charge in [-0.15, -0.1) is 0 Å². The molecule has 2 fully saturated rings. The Hall–Kier alpha value is -3.35. The van der Waals surface area contributed by atoms with E-state index >= 15 is 0 Å². The fraction of sp³-hybridized carbons (Fsp3) is 0.731. The molecule has 0 spiro atoms. The van der Waals surface area contributed by atoms with Crippen LogP contribution in [0.15, 0.2) is 0 Å². The Morgan fingerprint density at radius 2 is 0.841 bits per heavy atom. The van der Waals surface area contributed by atoms with E-state index in [1.165, 1.54) is 0 Å². The average molecular weight is 699 g/mol. The zero-order chi connectivity index (χ0) is 33.3. The minimum Gasteiger partial charge on any atom is -0.463 e. The summed E-state index contributed by atoms with van der Waals surface area (Å²) in [6.07, 6.45) is -13.2. The van der Waals surface area contributed by atoms with Crippen molar-refractivity contribution in [3.63, 3.8) is 0 Å². The average Bonchev–Trinajstić information content (AvgIpc) is 2.87. The Morgan fingerprint density at radius 1 is 0.477 bits per heavy atom. The molecule has 17 nitrogen and oxygen atoms in total. The lowest BCUT2D eigenvalue weighted by molar-refractivity contribution is -0.341. The van der Waals surface area contributed by atoms with E-state index in [1.54, 1.807) is 0 Å². The largest absolute Gasteiger partial charge is 0.463 e. The predicted molar refractivity (Wildman–Crippen MR) is 142 cm³/mol. The summed E-state index contributed by atoms with van der Waals surface area (Å²) in [5.41, 5.74) is 0. The first kappa shape index (κ1) is 36.8. The highest BCUT2D eigenvalue weighted by atomic mass is 79.9. The zero-order valence-electron chi connectivity index (χ0n) is 25.0. The SMILES string of the molecule is CC(=O)OC[C@H]1O[C@@H](O[C@H]2[C@H](OC(C)=O)[C@@H](OC(C)=O)C(Br)O[C@@H]2COC(C)=O)[C@H](OC(C)=O)[C@@H](OC(C)=O)[C@@H]1OC(C)=O. The minimum absolute atomic E-state index is 0.460. The normalized spacial score (nSPS) is 31.5. The summed E-state index contributed by atoms with van der Waals surface area (Å²) in [6, 6.07) is 0. The van der Waals surface area contributed by atoms with Gasteiger partial charge in [-0.2, -0.15) is 0 Å². The number of hydrogen-bond acceptors (Lipinski definition) is 17. The first-order chi connectivity index (χ1) is 20.5. The Bertz CT molecular complexity index is 1090. The summed E-state index contributed by atoms with van der Waals surface area (Å²) < 4.78 is 55.2. The van der Waals surface area contributed by atoms with Gasteiger partial charge in [0.05, 0.1) is 0 Å². The third-order valence-electron chi connectivity index (χ3n) is 5.87. The number of carbonyl (C=O) groups is 7. The molecule has 248 valence electrons. The minimum atomic E-state index is -1.73. The van der Waals surface area contributed by atoms with Crippen LogP contribution < -0.4 is 0 Å². The third-order valence-corrected chi connectivity index (χ3v) is 6.61. The van der Waals surface area contributed by atoms with Crippen molar-refractivity contribution in [2.24, 2.45) is 0 Å². The van der Waals surface area contributed by atoms with Crippen LogP contribution in [0.4, 0.5) is 0 Å². The van der Waals surface area contributed by atoms with Crippen molar-refractivity contribution in [3.8, 4) is 0 Å². The molecule has 0 aromatic carbocycles. The maximum atomic E-state index is 12.2. The van der Waals surface area contributed by atoms with Crippen LogP contribution in [0.3, 0.4) is 0 Å². The first-order valence-corrected chi connectivity index (χ1v) is 14.1. The molecular formula is C26H35BrO17. The maximum Gasteiger partial charge on any atom is 0.303 e. The number of halogens is 1. The van der Waals surface area contributed by atoms with Crippen LogP contribution in [0.5, 0.6) is 0 Å². The molecule has 0 N–H and O–H groups in total. The molecule has 0 aromatic heterocycles. The Morgan fingerprint density at radius 3 is 1.27 bits per heavy atom. The summed E-state index contributed by atoms with van der Waals surface area (Å²) >= 11 is 3.23. The lowest BCUT2D eigenvalue weighted by atomic mass is 9.96. The molecule has 0 amide bonds. The van der Waals surface area contributed by atoms with Gasteiger partial charge in [0.15, 0.2) is 41.8 Å². The molecule has 2 rings (SSSR count). The molecule has 2 heterocycles. The number of rotatable bonds is 11. The van der Waals surface area contributed by atoms with Gasteiger partial charge < -0.3 is 47.4 Å². The first-order valence-electron chi connectivity index (χ1n) is 13.2. The summed E-state index contributed by atoms with van der Waals surface area (Å²) in [4.78, 5) is 83.8. The maximum absolute atomic E-state index is 12.2. The van der Waals surface area contributed by atoms with Gasteiger partial charge in [-0.05, 0) is 0 Å². The second kappa shape index (κ2) is 16.6. The van der Waals surface area contributed by atoms with E-state index in [-0.39, 0.29) is 0 Å². The highest BCUT2D eigenvalue weighted by Crippen LogP contribution is 2.36. The number of hydrogen-bond donors (Lipinski definition) is 0. The van der Waals surface area contributed by atoms with Gasteiger partial charge in [0.2, 0.25) is 0 Å². The number of ether oxygens (including phenoxy) is 10. The fourth-order valence-corrected chi connectivity index (χ4v) is 5.15. The predicted octanol–water partition coefficient (Wildman–Crippen LogP) is 0.00100. The quantitative estimate of drug-likeness (QED) is 0.158. The number of esters is 7. The van der Waals surface area contributed by atoms with E-state index in [2.05, 4.69) is 15.9 Å². The van der Waals surface area contributed by atoms with E-state index in [0.717, 1.165) is 48.5 Å². The van der Waals surface area contributed by atoms with Crippen LogP contribution in [0.2, 0.25) is 0 Å². The standard InChI is InChI=1S/C26H35BrO17/c1-10(28)35-8-17-20(21(38-13(4)31)23(25(27)42-17)40-15(6)33)44-26-24(41-16(7)34)22(39-14(5)32)19(37-12(3)30)18(43-26)9-36-11(2)29/h17-26H,8-9H2,1-7H3/t17-,18-,19-,20-,21+,22+,23-,24-,25?,26+/m1/s1. The third kappa shape index (κ3) is 11.0. The lowest BCUT2D eigenvalue weighted by Crippen LogP contribution is -2.66. The molecule has 18 heteroatoms. The monoisotopic (exact) mass is 698 g/mol. The second-order valence-corrected chi connectivity index (χ2v) is 10.5. The van der Waals surface area contributed by atoms with E-state index in [0.29, 0.717) is 0 Å². The number of carbonyl (C=O) groups excluding carboxylic acids is 7. The summed E-state index contributed by atoms with van der Waals surface area (Å²) in [6.45, 7) is 6.57. The molecule has 1 unspecified atom stereocenters. The molecule has 0 radical (unpaired) electrons. The molecule has 44 heavy (non-hydrogen) atoms. The van der Waals surface area contributed by atoms with Crippen molar-refractivity contribution in [1.82, 2.24) is 0 Å². The number of alkyl halides is 1. The van der Waals surface area contributed by atoms with Gasteiger partial charge in [-0.1, -0.05) is 15.9 Å². The van der Waals surface area contributed by atoms with Crippen molar-refractivity contribution < 1.29 is 80.9 Å². The highest BCUT2D eigenvalue weighted by molar-refractivity contribution is 9.09. The summed E-state index contributed by atoms with van der Waals surface area (Å²) in [5.74, 6) is -5.63. The van der Waals surface area contributed by atoms with Gasteiger partial charge in [0.1, 0.15) is 31.5 Å². The topological polar surface area (TPSA) is 212 Å². The Labute approximate surface area is 260 Å². The van der Waals surface area contributed by atoms with Crippen LogP contribution in [0.25, 0.3) is 0 Å². The summed E-state index contributed by atoms with van der Waals surface area (Å²) in [7, 11) is 0. The smallest absolute Gasteiger partial charge is 0.303 e. The van der Waals surface area contributed by atoms with Crippen LogP contribution >= 0.6 is 15.9 Å². The van der Waals surface area contributed by atoms with Crippen LogP contribution in [-0.4, -0.2) is 115 Å². The molecule has 0 bridgehead atoms. The van der Waals surface area contributed by atoms with Gasteiger partial charge >= 0.3 is 41.8 Å². The summed E-state index contributed by atoms with van der Waals surface area (Å²) in [5, 5.41) is -1.09. The van der Waals surface area contributed by atoms with Crippen molar-refractivity contribution in [2.75, 3.05) is 13.2 Å². The van der Waals surface area contributed by atoms with Crippen molar-refractivity contribution >= 4 is 57.7 Å². The lowest BCUT2D eigenvalue weighted by Gasteiger charge is -2.48. The van der Waals surface area contributed by atoms with E-state index in [4.69, 9.17) is 47.4 Å². The van der Waals surface area contributed by atoms with E-state index < -0.39 is 115 Å². The van der Waals surface area contributed by atoms with Crippen LogP contribution in [-0.2, 0) is 80.9 Å². The van der Waals surface area contributed by atoms with Gasteiger partial charge in [-0.25, -0.2) is 0 Å². The van der Waals surface area contributed by atoms with Gasteiger partial charge in [0, 0.05) is 48.5 Å². The van der Waals surface area contributed by atoms with Gasteiger partial charge in [-0.3, -0.25) is 33.6 Å².